The van der Waals surface area contributed by atoms with E-state index < -0.39 is 38.1 Å². The van der Waals surface area contributed by atoms with Gasteiger partial charge in [-0.15, -0.1) is 11.3 Å². The van der Waals surface area contributed by atoms with Crippen molar-refractivity contribution in [3.8, 4) is 10.4 Å². The predicted octanol–water partition coefficient (Wildman–Crippen LogP) is 4.52. The molecule has 1 atom stereocenters. The summed E-state index contributed by atoms with van der Waals surface area (Å²) in [5.74, 6) is -0.634. The van der Waals surface area contributed by atoms with Crippen molar-refractivity contribution in [3.05, 3.63) is 33.4 Å². The lowest BCUT2D eigenvalue weighted by Gasteiger charge is -2.18. The number of sulfonamides is 1. The highest BCUT2D eigenvalue weighted by atomic mass is 35.5. The molecule has 28 heavy (non-hydrogen) atoms. The molecule has 2 aromatic rings. The molecule has 6 nitrogen and oxygen atoms in total. The van der Waals surface area contributed by atoms with Crippen molar-refractivity contribution < 1.29 is 31.1 Å². The molecule has 0 saturated carbocycles. The lowest BCUT2D eigenvalue weighted by Crippen LogP contribution is -2.43. The van der Waals surface area contributed by atoms with Gasteiger partial charge in [-0.05, 0) is 19.9 Å². The highest BCUT2D eigenvalue weighted by Gasteiger charge is 2.39. The molecule has 1 aromatic heterocycles. The van der Waals surface area contributed by atoms with Gasteiger partial charge in [-0.25, -0.2) is 18.2 Å². The molecule has 0 unspecified atom stereocenters. The average molecular weight is 477 g/mol. The minimum atomic E-state index is -4.77. The van der Waals surface area contributed by atoms with Crippen molar-refractivity contribution in [3.63, 3.8) is 0 Å². The molecule has 2 rings (SSSR count). The minimum absolute atomic E-state index is 0.0569. The Morgan fingerprint density at radius 3 is 2.54 bits per heavy atom. The van der Waals surface area contributed by atoms with E-state index in [0.717, 1.165) is 17.4 Å². The Morgan fingerprint density at radius 1 is 1.32 bits per heavy atom. The van der Waals surface area contributed by atoms with Gasteiger partial charge in [-0.1, -0.05) is 29.3 Å². The number of carbonyl (C=O) groups excluding carboxylic acids is 1. The number of halogens is 5. The zero-order valence-corrected chi connectivity index (χ0v) is 17.4. The Balaban J connectivity index is 2.39. The summed E-state index contributed by atoms with van der Waals surface area (Å²) in [6.45, 7) is 2.46. The van der Waals surface area contributed by atoms with Crippen LogP contribution in [-0.4, -0.2) is 38.2 Å². The number of esters is 1. The maximum Gasteiger partial charge on any atom is 0.404 e. The van der Waals surface area contributed by atoms with E-state index >= 15 is 0 Å². The van der Waals surface area contributed by atoms with E-state index in [1.807, 2.05) is 0 Å². The molecule has 1 heterocycles. The summed E-state index contributed by atoms with van der Waals surface area (Å²) in [5.41, 5.74) is 0.266. The monoisotopic (exact) mass is 476 g/mol. The van der Waals surface area contributed by atoms with Gasteiger partial charge >= 0.3 is 12.1 Å². The van der Waals surface area contributed by atoms with Gasteiger partial charge in [0.15, 0.2) is 0 Å². The highest BCUT2D eigenvalue weighted by molar-refractivity contribution is 7.89. The highest BCUT2D eigenvalue weighted by Crippen LogP contribution is 2.40. The molecule has 0 saturated heterocycles. The van der Waals surface area contributed by atoms with Crippen molar-refractivity contribution in [1.82, 2.24) is 9.71 Å². The van der Waals surface area contributed by atoms with Crippen LogP contribution in [0.25, 0.3) is 10.4 Å². The maximum atomic E-state index is 12.7. The number of rotatable bonds is 6. The van der Waals surface area contributed by atoms with Crippen molar-refractivity contribution in [2.24, 2.45) is 0 Å². The van der Waals surface area contributed by atoms with Gasteiger partial charge in [-0.3, -0.25) is 0 Å². The standard InChI is InChI=1S/C15H13Cl2F3N2O4S2/c1-3-26-14(23)13-21-6-9(27-13)8-4-5-10(12(17)11(8)16)28(24,25)22-7(2)15(18,19)20/h4-7,22H,3H2,1-2H3/t7-/m0/s1. The second-order valence-corrected chi connectivity index (χ2v) is 8.84. The number of carbonyl (C=O) groups is 1. The van der Waals surface area contributed by atoms with Crippen LogP contribution in [0.1, 0.15) is 23.6 Å². The summed E-state index contributed by atoms with van der Waals surface area (Å²) < 4.78 is 68.8. The number of hydrogen-bond donors (Lipinski definition) is 1. The zero-order valence-electron chi connectivity index (χ0n) is 14.3. The number of ether oxygens (including phenoxy) is 1. The second-order valence-electron chi connectivity index (χ2n) is 5.37. The Hall–Kier alpha value is -1.40. The van der Waals surface area contributed by atoms with Gasteiger partial charge in [0.25, 0.3) is 0 Å². The molecule has 0 aliphatic rings. The third-order valence-electron chi connectivity index (χ3n) is 3.38. The Morgan fingerprint density at radius 2 is 1.96 bits per heavy atom. The van der Waals surface area contributed by atoms with E-state index in [0.29, 0.717) is 11.8 Å². The number of hydrogen-bond acceptors (Lipinski definition) is 6. The van der Waals surface area contributed by atoms with Crippen LogP contribution in [0.3, 0.4) is 0 Å². The maximum absolute atomic E-state index is 12.7. The van der Waals surface area contributed by atoms with E-state index in [4.69, 9.17) is 27.9 Å². The van der Waals surface area contributed by atoms with E-state index in [1.165, 1.54) is 17.0 Å². The molecule has 1 N–H and O–H groups in total. The van der Waals surface area contributed by atoms with Crippen LogP contribution < -0.4 is 4.72 Å². The first-order chi connectivity index (χ1) is 12.9. The van der Waals surface area contributed by atoms with Gasteiger partial charge in [-0.2, -0.15) is 17.9 Å². The van der Waals surface area contributed by atoms with Crippen molar-refractivity contribution in [2.45, 2.75) is 31.0 Å². The number of alkyl halides is 3. The molecule has 1 aromatic carbocycles. The summed E-state index contributed by atoms with van der Waals surface area (Å²) in [4.78, 5) is 15.4. The smallest absolute Gasteiger partial charge is 0.404 e. The van der Waals surface area contributed by atoms with Gasteiger partial charge in [0.05, 0.1) is 21.5 Å². The Kier molecular flexibility index (Phi) is 6.98. The number of benzene rings is 1. The molecule has 0 fully saturated rings. The number of aromatic nitrogens is 1. The molecule has 13 heteroatoms. The van der Waals surface area contributed by atoms with Crippen LogP contribution >= 0.6 is 34.5 Å². The van der Waals surface area contributed by atoms with Crippen LogP contribution in [0.5, 0.6) is 0 Å². The summed E-state index contributed by atoms with van der Waals surface area (Å²) in [6, 6.07) is -0.0250. The molecule has 0 aliphatic heterocycles. The van der Waals surface area contributed by atoms with E-state index in [1.54, 1.807) is 6.92 Å². The van der Waals surface area contributed by atoms with Crippen molar-refractivity contribution in [1.29, 1.82) is 0 Å². The number of thiazole rings is 1. The number of nitrogens with one attached hydrogen (secondary N) is 1. The lowest BCUT2D eigenvalue weighted by atomic mass is 10.2. The first kappa shape index (κ1) is 22.9. The molecule has 0 spiro atoms. The van der Waals surface area contributed by atoms with Crippen molar-refractivity contribution >= 4 is 50.5 Å². The molecular weight excluding hydrogens is 464 g/mol. The van der Waals surface area contributed by atoms with Gasteiger partial charge in [0.1, 0.15) is 10.9 Å². The van der Waals surface area contributed by atoms with Crippen LogP contribution in [-0.2, 0) is 14.8 Å². The summed E-state index contributed by atoms with van der Waals surface area (Å²) in [6.07, 6.45) is -3.44. The lowest BCUT2D eigenvalue weighted by molar-refractivity contribution is -0.147. The number of nitrogens with zero attached hydrogens (tertiary/aromatic N) is 1. The third-order valence-corrected chi connectivity index (χ3v) is 6.97. The fourth-order valence-electron chi connectivity index (χ4n) is 1.98. The first-order valence-electron chi connectivity index (χ1n) is 7.58. The van der Waals surface area contributed by atoms with Crippen molar-refractivity contribution in [2.75, 3.05) is 6.61 Å². The second kappa shape index (κ2) is 8.54. The summed E-state index contributed by atoms with van der Waals surface area (Å²) in [7, 11) is -4.58. The fourth-order valence-corrected chi connectivity index (χ4v) is 4.98. The molecule has 0 aliphatic carbocycles. The van der Waals surface area contributed by atoms with Crippen LogP contribution in [0.2, 0.25) is 10.0 Å². The molecule has 154 valence electrons. The quantitative estimate of drug-likeness (QED) is 0.619. The Labute approximate surface area is 172 Å². The molecule has 0 amide bonds. The minimum Gasteiger partial charge on any atom is -0.461 e. The van der Waals surface area contributed by atoms with Gasteiger partial charge in [0, 0.05) is 11.8 Å². The van der Waals surface area contributed by atoms with Gasteiger partial charge < -0.3 is 4.74 Å². The van der Waals surface area contributed by atoms with Crippen LogP contribution in [0.15, 0.2) is 23.2 Å². The van der Waals surface area contributed by atoms with Gasteiger partial charge in [0.2, 0.25) is 15.0 Å². The summed E-state index contributed by atoms with van der Waals surface area (Å²) in [5, 5.41) is -0.600. The largest absolute Gasteiger partial charge is 0.461 e. The normalized spacial score (nSPS) is 13.4. The molecular formula is C15H13Cl2F3N2O4S2. The zero-order chi connectivity index (χ0) is 21.3. The van der Waals surface area contributed by atoms with E-state index in [2.05, 4.69) is 4.98 Å². The van der Waals surface area contributed by atoms with E-state index in [-0.39, 0.29) is 22.2 Å². The van der Waals surface area contributed by atoms with E-state index in [9.17, 15) is 26.4 Å². The Bertz CT molecular complexity index is 994. The summed E-state index contributed by atoms with van der Waals surface area (Å²) >= 11 is 13.1. The first-order valence-corrected chi connectivity index (χ1v) is 10.6. The molecule has 0 bridgehead atoms. The average Bonchev–Trinajstić information content (AvgIpc) is 3.06. The third kappa shape index (κ3) is 4.95. The predicted molar refractivity (Wildman–Crippen MR) is 99.4 cm³/mol. The molecule has 0 radical (unpaired) electrons. The fraction of sp³-hybridized carbons (Fsp3) is 0.333. The SMILES string of the molecule is CCOC(=O)c1ncc(-c2ccc(S(=O)(=O)N[C@@H](C)C(F)(F)F)c(Cl)c2Cl)s1. The topological polar surface area (TPSA) is 85.4 Å². The van der Waals surface area contributed by atoms with Crippen LogP contribution in [0, 0.1) is 0 Å². The van der Waals surface area contributed by atoms with Crippen LogP contribution in [0.4, 0.5) is 13.2 Å².